The molecule has 2 heterocycles. The Morgan fingerprint density at radius 2 is 2.08 bits per heavy atom. The van der Waals surface area contributed by atoms with E-state index in [1.165, 1.54) is 5.56 Å². The summed E-state index contributed by atoms with van der Waals surface area (Å²) in [5.74, 6) is 0.742. The average molecular weight is 376 g/mol. The Morgan fingerprint density at radius 1 is 1.28 bits per heavy atom. The lowest BCUT2D eigenvalue weighted by Gasteiger charge is -2.38. The number of nitrogens with zero attached hydrogens (tertiary/aromatic N) is 1. The van der Waals surface area contributed by atoms with Crippen molar-refractivity contribution < 1.29 is 4.74 Å². The fraction of sp³-hybridized carbons (Fsp3) is 0.368. The van der Waals surface area contributed by atoms with E-state index >= 15 is 0 Å². The summed E-state index contributed by atoms with van der Waals surface area (Å²) >= 11 is 11.7. The van der Waals surface area contributed by atoms with Crippen LogP contribution in [0.25, 0.3) is 0 Å². The molecule has 6 heteroatoms. The first kappa shape index (κ1) is 18.1. The van der Waals surface area contributed by atoms with Crippen molar-refractivity contribution in [3.05, 3.63) is 58.7 Å². The standard InChI is InChI=1S/C19H22ClN3OS/c1-14-5-6-17(21-12-14)23-18(25)22-13-19(7-9-24-10-8-19)15-3-2-4-16(20)11-15/h2-6,11-12H,7-10,13H2,1H3,(H2,21,22,23,25). The van der Waals surface area contributed by atoms with E-state index in [0.717, 1.165) is 49.0 Å². The summed E-state index contributed by atoms with van der Waals surface area (Å²) in [7, 11) is 0. The van der Waals surface area contributed by atoms with Gasteiger partial charge in [-0.15, -0.1) is 0 Å². The van der Waals surface area contributed by atoms with Gasteiger partial charge in [0.1, 0.15) is 5.82 Å². The molecular formula is C19H22ClN3OS. The van der Waals surface area contributed by atoms with Gasteiger partial charge in [0, 0.05) is 36.4 Å². The van der Waals surface area contributed by atoms with E-state index in [1.807, 2.05) is 43.5 Å². The number of ether oxygens (including phenoxy) is 1. The summed E-state index contributed by atoms with van der Waals surface area (Å²) in [6.07, 6.45) is 3.69. The molecule has 1 aromatic carbocycles. The van der Waals surface area contributed by atoms with Crippen molar-refractivity contribution in [2.24, 2.45) is 0 Å². The fourth-order valence-corrected chi connectivity index (χ4v) is 3.47. The molecule has 1 saturated heterocycles. The van der Waals surface area contributed by atoms with Gasteiger partial charge in [-0.05, 0) is 61.3 Å². The molecule has 0 atom stereocenters. The lowest BCUT2D eigenvalue weighted by atomic mass is 9.74. The molecule has 0 aliphatic carbocycles. The van der Waals surface area contributed by atoms with Crippen molar-refractivity contribution in [2.45, 2.75) is 25.2 Å². The third kappa shape index (κ3) is 4.69. The van der Waals surface area contributed by atoms with Crippen molar-refractivity contribution in [2.75, 3.05) is 25.1 Å². The summed E-state index contributed by atoms with van der Waals surface area (Å²) in [5.41, 5.74) is 2.31. The normalized spacial score (nSPS) is 16.2. The largest absolute Gasteiger partial charge is 0.381 e. The van der Waals surface area contributed by atoms with Gasteiger partial charge in [-0.1, -0.05) is 29.8 Å². The lowest BCUT2D eigenvalue weighted by molar-refractivity contribution is 0.0515. The van der Waals surface area contributed by atoms with Crippen LogP contribution in [0.5, 0.6) is 0 Å². The van der Waals surface area contributed by atoms with Gasteiger partial charge in [0.25, 0.3) is 0 Å². The zero-order chi connectivity index (χ0) is 17.7. The molecule has 0 radical (unpaired) electrons. The zero-order valence-electron chi connectivity index (χ0n) is 14.2. The molecule has 2 N–H and O–H groups in total. The molecule has 4 nitrogen and oxygen atoms in total. The predicted molar refractivity (Wildman–Crippen MR) is 106 cm³/mol. The Bertz CT molecular complexity index is 730. The second-order valence-electron chi connectivity index (χ2n) is 6.43. The van der Waals surface area contributed by atoms with E-state index < -0.39 is 0 Å². The lowest BCUT2D eigenvalue weighted by Crippen LogP contribution is -2.45. The number of hydrogen-bond donors (Lipinski definition) is 2. The molecule has 1 aliphatic rings. The van der Waals surface area contributed by atoms with Crippen LogP contribution in [0.15, 0.2) is 42.6 Å². The van der Waals surface area contributed by atoms with Crippen molar-refractivity contribution in [3.8, 4) is 0 Å². The van der Waals surface area contributed by atoms with Gasteiger partial charge < -0.3 is 15.4 Å². The van der Waals surface area contributed by atoms with Crippen LogP contribution in [0, 0.1) is 6.92 Å². The monoisotopic (exact) mass is 375 g/mol. The minimum absolute atomic E-state index is 0.0321. The minimum atomic E-state index is -0.0321. The van der Waals surface area contributed by atoms with E-state index in [2.05, 4.69) is 21.7 Å². The van der Waals surface area contributed by atoms with Crippen LogP contribution in [0.1, 0.15) is 24.0 Å². The van der Waals surface area contributed by atoms with Gasteiger partial charge in [-0.2, -0.15) is 0 Å². The number of pyridine rings is 1. The van der Waals surface area contributed by atoms with Crippen LogP contribution >= 0.6 is 23.8 Å². The number of halogens is 1. The quantitative estimate of drug-likeness (QED) is 0.788. The van der Waals surface area contributed by atoms with Crippen molar-refractivity contribution in [1.29, 1.82) is 0 Å². The Labute approximate surface area is 158 Å². The van der Waals surface area contributed by atoms with Gasteiger partial charge in [0.05, 0.1) is 0 Å². The van der Waals surface area contributed by atoms with E-state index in [1.54, 1.807) is 0 Å². The number of benzene rings is 1. The summed E-state index contributed by atoms with van der Waals surface area (Å²) in [6, 6.07) is 12.0. The first-order valence-corrected chi connectivity index (χ1v) is 9.17. The average Bonchev–Trinajstić information content (AvgIpc) is 2.63. The van der Waals surface area contributed by atoms with E-state index in [-0.39, 0.29) is 5.41 Å². The Morgan fingerprint density at radius 3 is 2.76 bits per heavy atom. The molecule has 0 bridgehead atoms. The van der Waals surface area contributed by atoms with Gasteiger partial charge in [-0.25, -0.2) is 4.98 Å². The van der Waals surface area contributed by atoms with Crippen molar-refractivity contribution in [1.82, 2.24) is 10.3 Å². The third-order valence-electron chi connectivity index (χ3n) is 4.63. The SMILES string of the molecule is Cc1ccc(NC(=S)NCC2(c3cccc(Cl)c3)CCOCC2)nc1. The van der Waals surface area contributed by atoms with Crippen LogP contribution in [-0.4, -0.2) is 29.9 Å². The van der Waals surface area contributed by atoms with Crippen LogP contribution in [-0.2, 0) is 10.2 Å². The fourth-order valence-electron chi connectivity index (χ4n) is 3.10. The molecule has 1 fully saturated rings. The van der Waals surface area contributed by atoms with E-state index in [4.69, 9.17) is 28.6 Å². The summed E-state index contributed by atoms with van der Waals surface area (Å²) < 4.78 is 5.57. The number of aryl methyl sites for hydroxylation is 1. The molecule has 0 amide bonds. The van der Waals surface area contributed by atoms with E-state index in [0.29, 0.717) is 5.11 Å². The van der Waals surface area contributed by atoms with Gasteiger partial charge in [0.2, 0.25) is 0 Å². The maximum atomic E-state index is 6.21. The highest BCUT2D eigenvalue weighted by Crippen LogP contribution is 2.35. The second-order valence-corrected chi connectivity index (χ2v) is 7.28. The number of aromatic nitrogens is 1. The molecule has 1 aliphatic heterocycles. The molecule has 132 valence electrons. The van der Waals surface area contributed by atoms with Crippen LogP contribution in [0.4, 0.5) is 5.82 Å². The maximum absolute atomic E-state index is 6.21. The van der Waals surface area contributed by atoms with Crippen molar-refractivity contribution in [3.63, 3.8) is 0 Å². The highest BCUT2D eigenvalue weighted by Gasteiger charge is 2.34. The molecule has 1 aromatic heterocycles. The van der Waals surface area contributed by atoms with E-state index in [9.17, 15) is 0 Å². The van der Waals surface area contributed by atoms with Gasteiger partial charge in [0.15, 0.2) is 5.11 Å². The van der Waals surface area contributed by atoms with Crippen molar-refractivity contribution >= 4 is 34.7 Å². The summed E-state index contributed by atoms with van der Waals surface area (Å²) in [5, 5.41) is 7.83. The first-order valence-electron chi connectivity index (χ1n) is 8.39. The molecule has 0 spiro atoms. The Balaban J connectivity index is 1.68. The number of rotatable bonds is 4. The summed E-state index contributed by atoms with van der Waals surface area (Å²) in [4.78, 5) is 4.32. The summed E-state index contributed by atoms with van der Waals surface area (Å²) in [6.45, 7) is 4.23. The number of hydrogen-bond acceptors (Lipinski definition) is 3. The molecule has 0 unspecified atom stereocenters. The molecule has 25 heavy (non-hydrogen) atoms. The third-order valence-corrected chi connectivity index (χ3v) is 5.11. The maximum Gasteiger partial charge on any atom is 0.171 e. The number of nitrogens with one attached hydrogen (secondary N) is 2. The van der Waals surface area contributed by atoms with Crippen LogP contribution in [0.3, 0.4) is 0 Å². The van der Waals surface area contributed by atoms with Gasteiger partial charge in [-0.3, -0.25) is 0 Å². The first-order chi connectivity index (χ1) is 12.1. The van der Waals surface area contributed by atoms with Gasteiger partial charge >= 0.3 is 0 Å². The highest BCUT2D eigenvalue weighted by atomic mass is 35.5. The zero-order valence-corrected chi connectivity index (χ0v) is 15.8. The topological polar surface area (TPSA) is 46.2 Å². The number of anilines is 1. The molecule has 0 saturated carbocycles. The van der Waals surface area contributed by atoms with Crippen LogP contribution in [0.2, 0.25) is 5.02 Å². The second kappa shape index (κ2) is 8.13. The Hall–Kier alpha value is -1.69. The molecule has 2 aromatic rings. The highest BCUT2D eigenvalue weighted by molar-refractivity contribution is 7.80. The molecule has 3 rings (SSSR count). The number of thiocarbonyl (C=S) groups is 1. The molecular weight excluding hydrogens is 354 g/mol. The predicted octanol–water partition coefficient (Wildman–Crippen LogP) is 4.08. The van der Waals surface area contributed by atoms with Crippen LogP contribution < -0.4 is 10.6 Å². The Kier molecular flexibility index (Phi) is 5.89. The smallest absolute Gasteiger partial charge is 0.171 e. The minimum Gasteiger partial charge on any atom is -0.381 e.